The molecule has 1 aromatic rings. The molecule has 1 heterocycles. The maximum Gasteiger partial charge on any atom is 0.407 e. The summed E-state index contributed by atoms with van der Waals surface area (Å²) in [4.78, 5) is 14.1. The molecule has 1 fully saturated rings. The number of alkyl carbamates (subject to hydrolysis) is 1. The third kappa shape index (κ3) is 5.66. The number of aliphatic hydroxyl groups excluding tert-OH is 1. The van der Waals surface area contributed by atoms with Crippen molar-refractivity contribution in [2.75, 3.05) is 19.6 Å². The van der Waals surface area contributed by atoms with Crippen LogP contribution in [-0.4, -0.2) is 47.4 Å². The average Bonchev–Trinajstić information content (AvgIpc) is 2.45. The number of amides is 1. The molecule has 1 saturated heterocycles. The van der Waals surface area contributed by atoms with Crippen molar-refractivity contribution in [1.29, 1.82) is 0 Å². The summed E-state index contributed by atoms with van der Waals surface area (Å²) in [6.07, 6.45) is 1.19. The zero-order chi connectivity index (χ0) is 16.0. The molecule has 2 N–H and O–H groups in total. The van der Waals surface area contributed by atoms with E-state index in [0.717, 1.165) is 24.9 Å². The normalized spacial score (nSPS) is 19.7. The fourth-order valence-corrected chi connectivity index (χ4v) is 2.81. The summed E-state index contributed by atoms with van der Waals surface area (Å²) in [5, 5.41) is 12.6. The second-order valence-electron chi connectivity index (χ2n) is 6.60. The molecule has 1 aliphatic rings. The minimum atomic E-state index is -0.411. The molecule has 2 rings (SSSR count). The number of carbonyl (C=O) groups excluding carboxylic acids is 1. The van der Waals surface area contributed by atoms with Gasteiger partial charge in [-0.25, -0.2) is 4.79 Å². The van der Waals surface area contributed by atoms with E-state index in [1.807, 2.05) is 44.2 Å². The first-order chi connectivity index (χ1) is 10.4. The summed E-state index contributed by atoms with van der Waals surface area (Å²) < 4.78 is 5.26. The van der Waals surface area contributed by atoms with Crippen molar-refractivity contribution in [3.63, 3.8) is 0 Å². The fourth-order valence-electron chi connectivity index (χ4n) is 2.81. The van der Waals surface area contributed by atoms with Crippen LogP contribution < -0.4 is 5.32 Å². The molecule has 0 unspecified atom stereocenters. The SMILES string of the molecule is CC(C)(CN1CCC[C@@H](O)C1)NC(=O)OCc1ccccc1. The number of nitrogens with one attached hydrogen (secondary N) is 1. The molecule has 5 heteroatoms. The molecule has 1 atom stereocenters. The molecule has 1 aliphatic heterocycles. The summed E-state index contributed by atoms with van der Waals surface area (Å²) >= 11 is 0. The average molecular weight is 306 g/mol. The van der Waals surface area contributed by atoms with Crippen LogP contribution in [0.5, 0.6) is 0 Å². The molecule has 22 heavy (non-hydrogen) atoms. The molecule has 1 aromatic carbocycles. The van der Waals surface area contributed by atoms with Crippen molar-refractivity contribution < 1.29 is 14.6 Å². The number of hydrogen-bond donors (Lipinski definition) is 2. The Morgan fingerprint density at radius 1 is 1.41 bits per heavy atom. The number of piperidine rings is 1. The third-order valence-corrected chi connectivity index (χ3v) is 3.75. The fraction of sp³-hybridized carbons (Fsp3) is 0.588. The highest BCUT2D eigenvalue weighted by Crippen LogP contribution is 2.14. The predicted octanol–water partition coefficient (Wildman–Crippen LogP) is 2.15. The van der Waals surface area contributed by atoms with E-state index in [-0.39, 0.29) is 12.7 Å². The molecule has 1 amide bonds. The van der Waals surface area contributed by atoms with Gasteiger partial charge >= 0.3 is 6.09 Å². The van der Waals surface area contributed by atoms with E-state index in [2.05, 4.69) is 10.2 Å². The van der Waals surface area contributed by atoms with Crippen LogP contribution in [0.15, 0.2) is 30.3 Å². The number of carbonyl (C=O) groups is 1. The number of rotatable bonds is 5. The van der Waals surface area contributed by atoms with Crippen LogP contribution >= 0.6 is 0 Å². The van der Waals surface area contributed by atoms with Crippen molar-refractivity contribution in [2.24, 2.45) is 0 Å². The lowest BCUT2D eigenvalue weighted by atomic mass is 10.0. The van der Waals surface area contributed by atoms with E-state index < -0.39 is 11.6 Å². The van der Waals surface area contributed by atoms with Gasteiger partial charge < -0.3 is 15.2 Å². The Labute approximate surface area is 132 Å². The molecule has 0 saturated carbocycles. The van der Waals surface area contributed by atoms with Gasteiger partial charge in [0.15, 0.2) is 0 Å². The van der Waals surface area contributed by atoms with Crippen LogP contribution in [-0.2, 0) is 11.3 Å². The Kier molecular flexibility index (Phi) is 5.80. The molecule has 122 valence electrons. The van der Waals surface area contributed by atoms with Crippen LogP contribution in [0.2, 0.25) is 0 Å². The van der Waals surface area contributed by atoms with Gasteiger partial charge in [-0.05, 0) is 38.8 Å². The maximum absolute atomic E-state index is 11.9. The van der Waals surface area contributed by atoms with E-state index in [1.165, 1.54) is 0 Å². The monoisotopic (exact) mass is 306 g/mol. The molecule has 0 spiro atoms. The van der Waals surface area contributed by atoms with Crippen LogP contribution in [0.1, 0.15) is 32.3 Å². The van der Waals surface area contributed by atoms with E-state index in [1.54, 1.807) is 0 Å². The lowest BCUT2D eigenvalue weighted by Crippen LogP contribution is -2.53. The van der Waals surface area contributed by atoms with Crippen LogP contribution in [0.25, 0.3) is 0 Å². The summed E-state index contributed by atoms with van der Waals surface area (Å²) in [6, 6.07) is 9.62. The molecule has 0 aromatic heterocycles. The highest BCUT2D eigenvalue weighted by molar-refractivity contribution is 5.68. The van der Waals surface area contributed by atoms with Crippen molar-refractivity contribution in [2.45, 2.75) is 44.9 Å². The standard InChI is InChI=1S/C17H26N2O3/c1-17(2,13-19-10-6-9-15(20)11-19)18-16(21)22-12-14-7-4-3-5-8-14/h3-5,7-8,15,20H,6,9-13H2,1-2H3,(H,18,21)/t15-/m1/s1. The van der Waals surface area contributed by atoms with E-state index in [0.29, 0.717) is 13.1 Å². The zero-order valence-electron chi connectivity index (χ0n) is 13.4. The minimum absolute atomic E-state index is 0.255. The van der Waals surface area contributed by atoms with Crippen LogP contribution in [0, 0.1) is 0 Å². The highest BCUT2D eigenvalue weighted by Gasteiger charge is 2.27. The van der Waals surface area contributed by atoms with E-state index in [9.17, 15) is 9.90 Å². The number of aliphatic hydroxyl groups is 1. The third-order valence-electron chi connectivity index (χ3n) is 3.75. The molecule has 5 nitrogen and oxygen atoms in total. The second-order valence-corrected chi connectivity index (χ2v) is 6.60. The van der Waals surface area contributed by atoms with Gasteiger partial charge in [-0.1, -0.05) is 30.3 Å². The topological polar surface area (TPSA) is 61.8 Å². The van der Waals surface area contributed by atoms with Crippen LogP contribution in [0.3, 0.4) is 0 Å². The first-order valence-electron chi connectivity index (χ1n) is 7.84. The Balaban J connectivity index is 1.76. The number of hydrogen-bond acceptors (Lipinski definition) is 4. The first-order valence-corrected chi connectivity index (χ1v) is 7.84. The van der Waals surface area contributed by atoms with E-state index in [4.69, 9.17) is 4.74 Å². The molecular weight excluding hydrogens is 280 g/mol. The number of ether oxygens (including phenoxy) is 1. The largest absolute Gasteiger partial charge is 0.445 e. The minimum Gasteiger partial charge on any atom is -0.445 e. The Bertz CT molecular complexity index is 476. The summed E-state index contributed by atoms with van der Waals surface area (Å²) in [6.45, 7) is 6.54. The summed E-state index contributed by atoms with van der Waals surface area (Å²) in [7, 11) is 0. The Morgan fingerprint density at radius 2 is 2.14 bits per heavy atom. The number of likely N-dealkylation sites (tertiary alicyclic amines) is 1. The lowest BCUT2D eigenvalue weighted by molar-refractivity contribution is 0.0555. The maximum atomic E-state index is 11.9. The van der Waals surface area contributed by atoms with Gasteiger partial charge in [0.2, 0.25) is 0 Å². The van der Waals surface area contributed by atoms with Gasteiger partial charge in [0.05, 0.1) is 11.6 Å². The molecular formula is C17H26N2O3. The van der Waals surface area contributed by atoms with Crippen molar-refractivity contribution in [3.8, 4) is 0 Å². The molecule has 0 aliphatic carbocycles. The quantitative estimate of drug-likeness (QED) is 0.875. The number of nitrogens with zero attached hydrogens (tertiary/aromatic N) is 1. The van der Waals surface area contributed by atoms with E-state index >= 15 is 0 Å². The first kappa shape index (κ1) is 16.8. The van der Waals surface area contributed by atoms with Gasteiger partial charge in [-0.3, -0.25) is 4.90 Å². The van der Waals surface area contributed by atoms with Gasteiger partial charge in [-0.2, -0.15) is 0 Å². The van der Waals surface area contributed by atoms with Gasteiger partial charge in [0, 0.05) is 13.1 Å². The number of β-amino-alcohol motifs (C(OH)–C–C–N with tert-alkyl or cyclic N) is 1. The van der Waals surface area contributed by atoms with Gasteiger partial charge in [0.25, 0.3) is 0 Å². The second kappa shape index (κ2) is 7.61. The smallest absolute Gasteiger partial charge is 0.407 e. The van der Waals surface area contributed by atoms with Gasteiger partial charge in [-0.15, -0.1) is 0 Å². The summed E-state index contributed by atoms with van der Waals surface area (Å²) in [5.74, 6) is 0. The van der Waals surface area contributed by atoms with Crippen molar-refractivity contribution in [1.82, 2.24) is 10.2 Å². The zero-order valence-corrected chi connectivity index (χ0v) is 13.4. The Morgan fingerprint density at radius 3 is 2.82 bits per heavy atom. The summed E-state index contributed by atoms with van der Waals surface area (Å²) in [5.41, 5.74) is 0.569. The van der Waals surface area contributed by atoms with Gasteiger partial charge in [0.1, 0.15) is 6.61 Å². The molecule has 0 bridgehead atoms. The Hall–Kier alpha value is -1.59. The van der Waals surface area contributed by atoms with Crippen molar-refractivity contribution >= 4 is 6.09 Å². The predicted molar refractivity (Wildman–Crippen MR) is 85.5 cm³/mol. The van der Waals surface area contributed by atoms with Crippen molar-refractivity contribution in [3.05, 3.63) is 35.9 Å². The van der Waals surface area contributed by atoms with Crippen LogP contribution in [0.4, 0.5) is 4.79 Å². The molecule has 0 radical (unpaired) electrons. The number of benzene rings is 1. The highest BCUT2D eigenvalue weighted by atomic mass is 16.5. The lowest BCUT2D eigenvalue weighted by Gasteiger charge is -2.36.